The molecule has 1 N–H and O–H groups in total. The first-order chi connectivity index (χ1) is 8.77. The van der Waals surface area contributed by atoms with Crippen LogP contribution in [0.2, 0.25) is 5.02 Å². The van der Waals surface area contributed by atoms with E-state index >= 15 is 0 Å². The van der Waals surface area contributed by atoms with Gasteiger partial charge in [-0.3, -0.25) is 9.97 Å². The Morgan fingerprint density at radius 3 is 2.72 bits per heavy atom. The van der Waals surface area contributed by atoms with Crippen molar-refractivity contribution in [3.05, 3.63) is 47.1 Å². The quantitative estimate of drug-likeness (QED) is 0.913. The summed E-state index contributed by atoms with van der Waals surface area (Å²) in [4.78, 5) is 12.4. The summed E-state index contributed by atoms with van der Waals surface area (Å²) in [6.07, 6.45) is 6.50. The van der Waals surface area contributed by atoms with Crippen LogP contribution >= 0.6 is 11.6 Å². The largest absolute Gasteiger partial charge is 0.480 e. The lowest BCUT2D eigenvalue weighted by Gasteiger charge is -2.18. The zero-order chi connectivity index (χ0) is 13.0. The smallest absolute Gasteiger partial charge is 0.237 e. The van der Waals surface area contributed by atoms with E-state index < -0.39 is 0 Å². The molecule has 2 aromatic rings. The Bertz CT molecular complexity index is 535. The molecule has 1 unspecified atom stereocenters. The number of ether oxygens (including phenoxy) is 1. The summed E-state index contributed by atoms with van der Waals surface area (Å²) in [7, 11) is 3.39. The third-order valence-electron chi connectivity index (χ3n) is 2.56. The minimum absolute atomic E-state index is 0.191. The number of aromatic nitrogens is 3. The van der Waals surface area contributed by atoms with Gasteiger partial charge < -0.3 is 10.1 Å². The molecule has 2 heterocycles. The Kier molecular flexibility index (Phi) is 4.07. The first-order valence-electron chi connectivity index (χ1n) is 5.39. The molecule has 0 aliphatic carbocycles. The summed E-state index contributed by atoms with van der Waals surface area (Å²) in [5.74, 6) is 0.477. The number of hydrogen-bond donors (Lipinski definition) is 1. The highest BCUT2D eigenvalue weighted by Crippen LogP contribution is 2.29. The first-order valence-corrected chi connectivity index (χ1v) is 5.77. The SMILES string of the molecule is CNC(c1ccncc1Cl)c1nccnc1OC. The van der Waals surface area contributed by atoms with Gasteiger partial charge in [0.05, 0.1) is 18.2 Å². The Morgan fingerprint density at radius 2 is 2.06 bits per heavy atom. The second-order valence-electron chi connectivity index (χ2n) is 3.57. The summed E-state index contributed by atoms with van der Waals surface area (Å²) in [5, 5.41) is 3.73. The Hall–Kier alpha value is -1.72. The second-order valence-corrected chi connectivity index (χ2v) is 3.98. The van der Waals surface area contributed by atoms with Crippen molar-refractivity contribution in [3.63, 3.8) is 0 Å². The molecule has 6 heteroatoms. The van der Waals surface area contributed by atoms with Crippen molar-refractivity contribution in [1.29, 1.82) is 0 Å². The van der Waals surface area contributed by atoms with Crippen LogP contribution < -0.4 is 10.1 Å². The minimum atomic E-state index is -0.191. The molecule has 0 aromatic carbocycles. The number of halogens is 1. The van der Waals surface area contributed by atoms with Gasteiger partial charge in [0.25, 0.3) is 0 Å². The monoisotopic (exact) mass is 264 g/mol. The molecule has 1 atom stereocenters. The van der Waals surface area contributed by atoms with E-state index in [9.17, 15) is 0 Å². The zero-order valence-electron chi connectivity index (χ0n) is 10.1. The second kappa shape index (κ2) is 5.75. The van der Waals surface area contributed by atoms with E-state index in [0.717, 1.165) is 5.56 Å². The third kappa shape index (κ3) is 2.42. The maximum Gasteiger partial charge on any atom is 0.237 e. The molecule has 0 amide bonds. The molecule has 0 aliphatic rings. The molecule has 94 valence electrons. The highest BCUT2D eigenvalue weighted by Gasteiger charge is 2.21. The average Bonchev–Trinajstić information content (AvgIpc) is 2.42. The number of methoxy groups -OCH3 is 1. The van der Waals surface area contributed by atoms with Crippen LogP contribution in [0.1, 0.15) is 17.3 Å². The zero-order valence-corrected chi connectivity index (χ0v) is 10.8. The van der Waals surface area contributed by atoms with Gasteiger partial charge in [0.1, 0.15) is 5.69 Å². The van der Waals surface area contributed by atoms with Crippen LogP contribution in [0.15, 0.2) is 30.9 Å². The molecular formula is C12H13ClN4O. The standard InChI is InChI=1S/C12H13ClN4O/c1-14-10(8-3-4-15-7-9(8)13)11-12(18-2)17-6-5-16-11/h3-7,10,14H,1-2H3. The van der Waals surface area contributed by atoms with Crippen molar-refractivity contribution in [2.24, 2.45) is 0 Å². The minimum Gasteiger partial charge on any atom is -0.480 e. The Balaban J connectivity index is 2.49. The van der Waals surface area contributed by atoms with Crippen molar-refractivity contribution >= 4 is 11.6 Å². The van der Waals surface area contributed by atoms with Gasteiger partial charge in [0, 0.05) is 24.8 Å². The molecule has 0 fully saturated rings. The van der Waals surface area contributed by atoms with Crippen molar-refractivity contribution < 1.29 is 4.74 Å². The number of nitrogens with zero attached hydrogens (tertiary/aromatic N) is 3. The molecular weight excluding hydrogens is 252 g/mol. The summed E-state index contributed by atoms with van der Waals surface area (Å²) in [5.41, 5.74) is 1.57. The third-order valence-corrected chi connectivity index (χ3v) is 2.88. The number of pyridine rings is 1. The topological polar surface area (TPSA) is 59.9 Å². The van der Waals surface area contributed by atoms with Crippen LogP contribution in [0.4, 0.5) is 0 Å². The van der Waals surface area contributed by atoms with Gasteiger partial charge in [0.15, 0.2) is 0 Å². The molecule has 2 aromatic heterocycles. The molecule has 0 spiro atoms. The highest BCUT2D eigenvalue weighted by atomic mass is 35.5. The van der Waals surface area contributed by atoms with Crippen molar-refractivity contribution in [2.75, 3.05) is 14.2 Å². The lowest BCUT2D eigenvalue weighted by molar-refractivity contribution is 0.384. The van der Waals surface area contributed by atoms with E-state index in [1.165, 1.54) is 0 Å². The van der Waals surface area contributed by atoms with Gasteiger partial charge >= 0.3 is 0 Å². The van der Waals surface area contributed by atoms with Crippen LogP contribution in [0.3, 0.4) is 0 Å². The maximum atomic E-state index is 6.15. The lowest BCUT2D eigenvalue weighted by Crippen LogP contribution is -2.20. The number of rotatable bonds is 4. The van der Waals surface area contributed by atoms with Gasteiger partial charge in [-0.05, 0) is 18.7 Å². The predicted octanol–water partition coefficient (Wildman–Crippen LogP) is 1.84. The fraction of sp³-hybridized carbons (Fsp3) is 0.250. The average molecular weight is 265 g/mol. The normalized spacial score (nSPS) is 12.2. The molecule has 0 radical (unpaired) electrons. The molecule has 18 heavy (non-hydrogen) atoms. The summed E-state index contributed by atoms with van der Waals surface area (Å²) in [6, 6.07) is 1.65. The summed E-state index contributed by atoms with van der Waals surface area (Å²) < 4.78 is 5.22. The molecule has 2 rings (SSSR count). The van der Waals surface area contributed by atoms with Crippen molar-refractivity contribution in [2.45, 2.75) is 6.04 Å². The fourth-order valence-electron chi connectivity index (χ4n) is 1.75. The highest BCUT2D eigenvalue weighted by molar-refractivity contribution is 6.31. The maximum absolute atomic E-state index is 6.15. The molecule has 0 saturated carbocycles. The fourth-order valence-corrected chi connectivity index (χ4v) is 1.98. The van der Waals surface area contributed by atoms with E-state index in [0.29, 0.717) is 16.6 Å². The lowest BCUT2D eigenvalue weighted by atomic mass is 10.1. The van der Waals surface area contributed by atoms with Crippen LogP contribution in [0.5, 0.6) is 5.88 Å². The molecule has 5 nitrogen and oxygen atoms in total. The Morgan fingerprint density at radius 1 is 1.28 bits per heavy atom. The molecule has 0 saturated heterocycles. The van der Waals surface area contributed by atoms with Gasteiger partial charge in [-0.15, -0.1) is 0 Å². The van der Waals surface area contributed by atoms with E-state index in [4.69, 9.17) is 16.3 Å². The number of nitrogens with one attached hydrogen (secondary N) is 1. The van der Waals surface area contributed by atoms with Crippen molar-refractivity contribution in [1.82, 2.24) is 20.3 Å². The van der Waals surface area contributed by atoms with E-state index in [1.54, 1.807) is 31.9 Å². The van der Waals surface area contributed by atoms with Gasteiger partial charge in [-0.2, -0.15) is 0 Å². The first kappa shape index (κ1) is 12.7. The van der Waals surface area contributed by atoms with Gasteiger partial charge in [-0.25, -0.2) is 4.98 Å². The molecule has 0 aliphatic heterocycles. The van der Waals surface area contributed by atoms with E-state index in [-0.39, 0.29) is 6.04 Å². The summed E-state index contributed by atoms with van der Waals surface area (Å²) in [6.45, 7) is 0. The van der Waals surface area contributed by atoms with Crippen molar-refractivity contribution in [3.8, 4) is 5.88 Å². The molecule has 0 bridgehead atoms. The van der Waals surface area contributed by atoms with Crippen LogP contribution in [-0.4, -0.2) is 29.1 Å². The number of hydrogen-bond acceptors (Lipinski definition) is 5. The van der Waals surface area contributed by atoms with E-state index in [2.05, 4.69) is 20.3 Å². The van der Waals surface area contributed by atoms with Crippen LogP contribution in [0, 0.1) is 0 Å². The van der Waals surface area contributed by atoms with Gasteiger partial charge in [-0.1, -0.05) is 11.6 Å². The Labute approximate surface area is 110 Å². The van der Waals surface area contributed by atoms with Gasteiger partial charge in [0.2, 0.25) is 5.88 Å². The van der Waals surface area contributed by atoms with E-state index in [1.807, 2.05) is 13.1 Å². The van der Waals surface area contributed by atoms with Crippen LogP contribution in [0.25, 0.3) is 0 Å². The summed E-state index contributed by atoms with van der Waals surface area (Å²) >= 11 is 6.15. The van der Waals surface area contributed by atoms with Crippen LogP contribution in [-0.2, 0) is 0 Å². The predicted molar refractivity (Wildman–Crippen MR) is 68.7 cm³/mol.